The van der Waals surface area contributed by atoms with Crippen LogP contribution >= 0.6 is 0 Å². The maximum Gasteiger partial charge on any atom is 0.340 e. The zero-order valence-corrected chi connectivity index (χ0v) is 15.5. The minimum absolute atomic E-state index is 0.312. The summed E-state index contributed by atoms with van der Waals surface area (Å²) in [6.07, 6.45) is 1.50. The summed E-state index contributed by atoms with van der Waals surface area (Å²) in [4.78, 5) is 16.6. The SMILES string of the molecule is CCOC(=O)c1ccccc1Nc1cnnc(Nc2c(C)cccc2C)n1. The molecule has 0 aliphatic carbocycles. The minimum atomic E-state index is -0.392. The molecule has 7 heteroatoms. The van der Waals surface area contributed by atoms with Gasteiger partial charge in [0.05, 0.1) is 24.1 Å². The van der Waals surface area contributed by atoms with E-state index >= 15 is 0 Å². The third kappa shape index (κ3) is 4.38. The molecule has 0 aliphatic rings. The topological polar surface area (TPSA) is 89.0 Å². The fourth-order valence-corrected chi connectivity index (χ4v) is 2.66. The van der Waals surface area contributed by atoms with E-state index in [1.54, 1.807) is 25.1 Å². The molecule has 0 saturated heterocycles. The summed E-state index contributed by atoms with van der Waals surface area (Å²) in [5, 5.41) is 14.4. The van der Waals surface area contributed by atoms with Crippen molar-refractivity contribution < 1.29 is 9.53 Å². The van der Waals surface area contributed by atoms with Crippen molar-refractivity contribution >= 4 is 29.1 Å². The highest BCUT2D eigenvalue weighted by Gasteiger charge is 2.13. The number of nitrogens with zero attached hydrogens (tertiary/aromatic N) is 3. The highest BCUT2D eigenvalue weighted by molar-refractivity contribution is 5.96. The molecular weight excluding hydrogens is 342 g/mol. The van der Waals surface area contributed by atoms with Crippen LogP contribution in [0, 0.1) is 13.8 Å². The molecule has 0 unspecified atom stereocenters. The first-order valence-electron chi connectivity index (χ1n) is 8.64. The van der Waals surface area contributed by atoms with Gasteiger partial charge in [0.25, 0.3) is 0 Å². The molecule has 0 amide bonds. The Labute approximate surface area is 157 Å². The number of ether oxygens (including phenoxy) is 1. The number of hydrogen-bond donors (Lipinski definition) is 2. The number of benzene rings is 2. The molecule has 1 heterocycles. The van der Waals surface area contributed by atoms with E-state index in [2.05, 4.69) is 25.8 Å². The number of para-hydroxylation sites is 2. The molecule has 0 radical (unpaired) electrons. The Bertz CT molecular complexity index is 938. The van der Waals surface area contributed by atoms with Gasteiger partial charge in [-0.25, -0.2) is 4.79 Å². The average molecular weight is 363 g/mol. The molecule has 138 valence electrons. The molecule has 1 aromatic heterocycles. The van der Waals surface area contributed by atoms with Gasteiger partial charge in [-0.05, 0) is 44.0 Å². The highest BCUT2D eigenvalue weighted by atomic mass is 16.5. The summed E-state index contributed by atoms with van der Waals surface area (Å²) in [5.74, 6) is 0.443. The van der Waals surface area contributed by atoms with Gasteiger partial charge < -0.3 is 15.4 Å². The van der Waals surface area contributed by atoms with E-state index in [1.807, 2.05) is 38.1 Å². The van der Waals surface area contributed by atoms with Crippen molar-refractivity contribution in [2.75, 3.05) is 17.2 Å². The zero-order valence-electron chi connectivity index (χ0n) is 15.5. The quantitative estimate of drug-likeness (QED) is 0.636. The number of hydrogen-bond acceptors (Lipinski definition) is 7. The molecule has 0 aliphatic heterocycles. The van der Waals surface area contributed by atoms with Gasteiger partial charge in [-0.3, -0.25) is 0 Å². The Morgan fingerprint density at radius 1 is 1.04 bits per heavy atom. The second-order valence-electron chi connectivity index (χ2n) is 5.95. The summed E-state index contributed by atoms with van der Waals surface area (Å²) in [5.41, 5.74) is 4.15. The van der Waals surface area contributed by atoms with Gasteiger partial charge >= 0.3 is 5.97 Å². The van der Waals surface area contributed by atoms with Crippen LogP contribution in [0.1, 0.15) is 28.4 Å². The summed E-state index contributed by atoms with van der Waals surface area (Å²) in [7, 11) is 0. The molecule has 7 nitrogen and oxygen atoms in total. The lowest BCUT2D eigenvalue weighted by Gasteiger charge is -2.13. The van der Waals surface area contributed by atoms with E-state index in [1.165, 1.54) is 6.20 Å². The number of anilines is 4. The van der Waals surface area contributed by atoms with Gasteiger partial charge in [0.15, 0.2) is 5.82 Å². The molecule has 0 fully saturated rings. The first-order valence-corrected chi connectivity index (χ1v) is 8.64. The van der Waals surface area contributed by atoms with Gasteiger partial charge in [-0.1, -0.05) is 30.3 Å². The second kappa shape index (κ2) is 8.27. The van der Waals surface area contributed by atoms with Crippen molar-refractivity contribution in [3.05, 3.63) is 65.4 Å². The fraction of sp³-hybridized carbons (Fsp3) is 0.200. The van der Waals surface area contributed by atoms with Crippen molar-refractivity contribution in [1.82, 2.24) is 15.2 Å². The van der Waals surface area contributed by atoms with E-state index in [0.717, 1.165) is 16.8 Å². The van der Waals surface area contributed by atoms with Crippen LogP contribution < -0.4 is 10.6 Å². The highest BCUT2D eigenvalue weighted by Crippen LogP contribution is 2.24. The van der Waals surface area contributed by atoms with E-state index in [4.69, 9.17) is 4.74 Å². The normalized spacial score (nSPS) is 10.3. The monoisotopic (exact) mass is 363 g/mol. The van der Waals surface area contributed by atoms with Gasteiger partial charge in [0.2, 0.25) is 5.95 Å². The van der Waals surface area contributed by atoms with E-state index in [0.29, 0.717) is 29.6 Å². The average Bonchev–Trinajstić information content (AvgIpc) is 2.66. The lowest BCUT2D eigenvalue weighted by Crippen LogP contribution is -2.09. The van der Waals surface area contributed by atoms with Crippen molar-refractivity contribution in [2.45, 2.75) is 20.8 Å². The predicted octanol–water partition coefficient (Wildman–Crippen LogP) is 4.15. The third-order valence-electron chi connectivity index (χ3n) is 3.96. The number of rotatable bonds is 6. The number of carbonyl (C=O) groups excluding carboxylic acids is 1. The van der Waals surface area contributed by atoms with Crippen molar-refractivity contribution in [3.8, 4) is 0 Å². The predicted molar refractivity (Wildman–Crippen MR) is 105 cm³/mol. The molecular formula is C20H21N5O2. The Kier molecular flexibility index (Phi) is 5.61. The summed E-state index contributed by atoms with van der Waals surface area (Å²) >= 11 is 0. The standard InChI is InChI=1S/C20H21N5O2/c1-4-27-19(26)15-10-5-6-11-16(15)22-17-12-21-25-20(23-17)24-18-13(2)8-7-9-14(18)3/h5-12H,4H2,1-3H3,(H2,22,23,24,25). The Morgan fingerprint density at radius 2 is 1.78 bits per heavy atom. The number of nitrogens with one attached hydrogen (secondary N) is 2. The van der Waals surface area contributed by atoms with E-state index in [9.17, 15) is 4.79 Å². The van der Waals surface area contributed by atoms with Crippen LogP contribution in [-0.4, -0.2) is 27.8 Å². The van der Waals surface area contributed by atoms with Crippen LogP contribution in [0.15, 0.2) is 48.7 Å². The van der Waals surface area contributed by atoms with Crippen LogP contribution in [-0.2, 0) is 4.74 Å². The van der Waals surface area contributed by atoms with Crippen LogP contribution in [0.3, 0.4) is 0 Å². The number of aromatic nitrogens is 3. The molecule has 2 N–H and O–H groups in total. The Hall–Kier alpha value is -3.48. The molecule has 0 bridgehead atoms. The number of aryl methyl sites for hydroxylation is 2. The summed E-state index contributed by atoms with van der Waals surface area (Å²) < 4.78 is 5.10. The van der Waals surface area contributed by atoms with Gasteiger partial charge in [-0.15, -0.1) is 5.10 Å². The summed E-state index contributed by atoms with van der Waals surface area (Å²) in [6.45, 7) is 6.11. The molecule has 0 atom stereocenters. The maximum absolute atomic E-state index is 12.1. The summed E-state index contributed by atoms with van der Waals surface area (Å²) in [6, 6.07) is 13.1. The van der Waals surface area contributed by atoms with Crippen molar-refractivity contribution in [3.63, 3.8) is 0 Å². The molecule has 2 aromatic carbocycles. The lowest BCUT2D eigenvalue weighted by atomic mass is 10.1. The molecule has 3 rings (SSSR count). The zero-order chi connectivity index (χ0) is 19.2. The Morgan fingerprint density at radius 3 is 2.52 bits per heavy atom. The van der Waals surface area contributed by atoms with Crippen LogP contribution in [0.5, 0.6) is 0 Å². The van der Waals surface area contributed by atoms with Crippen LogP contribution in [0.4, 0.5) is 23.1 Å². The molecule has 27 heavy (non-hydrogen) atoms. The molecule has 3 aromatic rings. The minimum Gasteiger partial charge on any atom is -0.462 e. The first kappa shape index (κ1) is 18.3. The van der Waals surface area contributed by atoms with E-state index in [-0.39, 0.29) is 0 Å². The van der Waals surface area contributed by atoms with Crippen molar-refractivity contribution in [1.29, 1.82) is 0 Å². The third-order valence-corrected chi connectivity index (χ3v) is 3.96. The largest absolute Gasteiger partial charge is 0.462 e. The van der Waals surface area contributed by atoms with E-state index < -0.39 is 5.97 Å². The maximum atomic E-state index is 12.1. The number of carbonyl (C=O) groups is 1. The first-order chi connectivity index (χ1) is 13.1. The van der Waals surface area contributed by atoms with Gasteiger partial charge in [0, 0.05) is 5.69 Å². The molecule has 0 saturated carbocycles. The Balaban J connectivity index is 1.84. The van der Waals surface area contributed by atoms with Crippen molar-refractivity contribution in [2.24, 2.45) is 0 Å². The van der Waals surface area contributed by atoms with Crippen LogP contribution in [0.2, 0.25) is 0 Å². The molecule has 0 spiro atoms. The smallest absolute Gasteiger partial charge is 0.340 e. The van der Waals surface area contributed by atoms with Gasteiger partial charge in [-0.2, -0.15) is 10.1 Å². The van der Waals surface area contributed by atoms with Crippen LogP contribution in [0.25, 0.3) is 0 Å². The lowest BCUT2D eigenvalue weighted by molar-refractivity contribution is 0.0527. The fourth-order valence-electron chi connectivity index (χ4n) is 2.66. The number of esters is 1. The second-order valence-corrected chi connectivity index (χ2v) is 5.95. The van der Waals surface area contributed by atoms with Gasteiger partial charge in [0.1, 0.15) is 0 Å².